The van der Waals surface area contributed by atoms with Gasteiger partial charge in [-0.15, -0.1) is 0 Å². The molecule has 0 radical (unpaired) electrons. The van der Waals surface area contributed by atoms with Gasteiger partial charge in [0.05, 0.1) is 5.52 Å². The van der Waals surface area contributed by atoms with Gasteiger partial charge in [-0.05, 0) is 19.1 Å². The first-order valence-electron chi connectivity index (χ1n) is 4.94. The highest BCUT2D eigenvalue weighted by Crippen LogP contribution is 2.18. The van der Waals surface area contributed by atoms with E-state index in [9.17, 15) is 4.79 Å². The molecule has 0 aliphatic rings. The van der Waals surface area contributed by atoms with E-state index < -0.39 is 5.97 Å². The molecule has 0 aliphatic carbocycles. The Morgan fingerprint density at radius 1 is 1.31 bits per heavy atom. The van der Waals surface area contributed by atoms with Crippen molar-refractivity contribution >= 4 is 22.9 Å². The van der Waals surface area contributed by atoms with Crippen molar-refractivity contribution in [2.45, 2.75) is 6.92 Å². The molecular formula is C13H11NO2. The Balaban J connectivity index is 2.61. The van der Waals surface area contributed by atoms with Gasteiger partial charge in [-0.3, -0.25) is 4.98 Å². The minimum absolute atomic E-state index is 0.304. The monoisotopic (exact) mass is 213 g/mol. The van der Waals surface area contributed by atoms with Crippen molar-refractivity contribution in [1.82, 2.24) is 4.98 Å². The Bertz CT molecular complexity index is 568. The van der Waals surface area contributed by atoms with Crippen LogP contribution >= 0.6 is 0 Å². The molecule has 16 heavy (non-hydrogen) atoms. The number of hydrogen-bond acceptors (Lipinski definition) is 2. The van der Waals surface area contributed by atoms with Crippen LogP contribution in [0.15, 0.2) is 42.1 Å². The van der Waals surface area contributed by atoms with Gasteiger partial charge in [-0.2, -0.15) is 0 Å². The van der Waals surface area contributed by atoms with Crippen LogP contribution in [0, 0.1) is 0 Å². The molecule has 0 fully saturated rings. The standard InChI is InChI=1S/C13H11NO2/c1-9(13(15)16)8-11-5-2-4-10-6-3-7-14-12(10)11/h2-8H,1H3,(H,15,16). The number of aliphatic carboxylic acids is 1. The molecule has 2 rings (SSSR count). The van der Waals surface area contributed by atoms with Crippen LogP contribution in [0.2, 0.25) is 0 Å². The molecule has 3 heteroatoms. The summed E-state index contributed by atoms with van der Waals surface area (Å²) in [6.45, 7) is 1.57. The van der Waals surface area contributed by atoms with E-state index in [-0.39, 0.29) is 0 Å². The van der Waals surface area contributed by atoms with Crippen LogP contribution in [0.4, 0.5) is 0 Å². The number of aromatic nitrogens is 1. The fourth-order valence-electron chi connectivity index (χ4n) is 1.54. The maximum absolute atomic E-state index is 10.8. The minimum Gasteiger partial charge on any atom is -0.478 e. The van der Waals surface area contributed by atoms with Crippen molar-refractivity contribution in [1.29, 1.82) is 0 Å². The SMILES string of the molecule is CC(=Cc1cccc2cccnc12)C(=O)O. The molecule has 1 aromatic carbocycles. The van der Waals surface area contributed by atoms with Crippen LogP contribution in [0.25, 0.3) is 17.0 Å². The molecule has 0 spiro atoms. The molecule has 80 valence electrons. The Kier molecular flexibility index (Phi) is 2.68. The molecule has 2 aromatic rings. The number of rotatable bonds is 2. The highest BCUT2D eigenvalue weighted by Gasteiger charge is 2.03. The lowest BCUT2D eigenvalue weighted by Gasteiger charge is -2.01. The van der Waals surface area contributed by atoms with Crippen LogP contribution in [-0.2, 0) is 4.79 Å². The summed E-state index contributed by atoms with van der Waals surface area (Å²) in [5.74, 6) is -0.909. The Morgan fingerprint density at radius 3 is 2.81 bits per heavy atom. The maximum Gasteiger partial charge on any atom is 0.331 e. The minimum atomic E-state index is -0.909. The number of hydrogen-bond donors (Lipinski definition) is 1. The highest BCUT2D eigenvalue weighted by molar-refractivity contribution is 5.95. The Hall–Kier alpha value is -2.16. The van der Waals surface area contributed by atoms with Crippen LogP contribution in [0.5, 0.6) is 0 Å². The second kappa shape index (κ2) is 4.14. The van der Waals surface area contributed by atoms with Crippen molar-refractivity contribution in [3.05, 3.63) is 47.7 Å². The van der Waals surface area contributed by atoms with Crippen molar-refractivity contribution in [3.63, 3.8) is 0 Å². The summed E-state index contributed by atoms with van der Waals surface area (Å²) in [5, 5.41) is 9.84. The fraction of sp³-hybridized carbons (Fsp3) is 0.0769. The van der Waals surface area contributed by atoms with Crippen LogP contribution in [0.1, 0.15) is 12.5 Å². The predicted molar refractivity (Wildman–Crippen MR) is 63.0 cm³/mol. The van der Waals surface area contributed by atoms with Gasteiger partial charge >= 0.3 is 5.97 Å². The van der Waals surface area contributed by atoms with Crippen LogP contribution < -0.4 is 0 Å². The molecule has 1 aromatic heterocycles. The topological polar surface area (TPSA) is 50.2 Å². The summed E-state index contributed by atoms with van der Waals surface area (Å²) < 4.78 is 0. The summed E-state index contributed by atoms with van der Waals surface area (Å²) >= 11 is 0. The van der Waals surface area contributed by atoms with Crippen molar-refractivity contribution in [3.8, 4) is 0 Å². The third-order valence-corrected chi connectivity index (χ3v) is 2.37. The molecule has 1 heterocycles. The highest BCUT2D eigenvalue weighted by atomic mass is 16.4. The quantitative estimate of drug-likeness (QED) is 0.780. The first kappa shape index (κ1) is 10.4. The number of nitrogens with zero attached hydrogens (tertiary/aromatic N) is 1. The van der Waals surface area contributed by atoms with E-state index in [1.54, 1.807) is 19.2 Å². The molecule has 0 saturated heterocycles. The predicted octanol–water partition coefficient (Wildman–Crippen LogP) is 2.72. The van der Waals surface area contributed by atoms with E-state index >= 15 is 0 Å². The first-order chi connectivity index (χ1) is 7.68. The lowest BCUT2D eigenvalue weighted by atomic mass is 10.1. The molecule has 0 bridgehead atoms. The van der Waals surface area contributed by atoms with Gasteiger partial charge in [-0.1, -0.05) is 24.3 Å². The summed E-state index contributed by atoms with van der Waals surface area (Å²) in [4.78, 5) is 15.0. The van der Waals surface area contributed by atoms with E-state index in [1.807, 2.05) is 30.3 Å². The van der Waals surface area contributed by atoms with Gasteiger partial charge in [-0.25, -0.2) is 4.79 Å². The molecule has 0 saturated carbocycles. The zero-order valence-electron chi connectivity index (χ0n) is 8.84. The van der Waals surface area contributed by atoms with E-state index in [0.717, 1.165) is 16.5 Å². The lowest BCUT2D eigenvalue weighted by molar-refractivity contribution is -0.132. The summed E-state index contributed by atoms with van der Waals surface area (Å²) in [5.41, 5.74) is 1.96. The van der Waals surface area contributed by atoms with Gasteiger partial charge in [0, 0.05) is 22.7 Å². The smallest absolute Gasteiger partial charge is 0.331 e. The number of pyridine rings is 1. The lowest BCUT2D eigenvalue weighted by Crippen LogP contribution is -1.95. The number of carboxylic acid groups (broad SMARTS) is 1. The molecule has 0 aliphatic heterocycles. The maximum atomic E-state index is 10.8. The molecule has 1 N–H and O–H groups in total. The number of fused-ring (bicyclic) bond motifs is 1. The number of carboxylic acids is 1. The van der Waals surface area contributed by atoms with Crippen molar-refractivity contribution in [2.75, 3.05) is 0 Å². The molecule has 0 amide bonds. The fourth-order valence-corrected chi connectivity index (χ4v) is 1.54. The second-order valence-electron chi connectivity index (χ2n) is 3.55. The van der Waals surface area contributed by atoms with E-state index in [1.165, 1.54) is 0 Å². The Morgan fingerprint density at radius 2 is 2.06 bits per heavy atom. The third kappa shape index (κ3) is 1.93. The molecule has 0 unspecified atom stereocenters. The molecular weight excluding hydrogens is 202 g/mol. The molecule has 3 nitrogen and oxygen atoms in total. The average molecular weight is 213 g/mol. The normalized spacial score (nSPS) is 11.7. The second-order valence-corrected chi connectivity index (χ2v) is 3.55. The average Bonchev–Trinajstić information content (AvgIpc) is 2.29. The third-order valence-electron chi connectivity index (χ3n) is 2.37. The van der Waals surface area contributed by atoms with E-state index in [2.05, 4.69) is 4.98 Å². The summed E-state index contributed by atoms with van der Waals surface area (Å²) in [7, 11) is 0. The van der Waals surface area contributed by atoms with Crippen molar-refractivity contribution in [2.24, 2.45) is 0 Å². The van der Waals surface area contributed by atoms with Crippen LogP contribution in [0.3, 0.4) is 0 Å². The number of carbonyl (C=O) groups is 1. The zero-order valence-corrected chi connectivity index (χ0v) is 8.84. The van der Waals surface area contributed by atoms with Crippen LogP contribution in [-0.4, -0.2) is 16.1 Å². The van der Waals surface area contributed by atoms with Gasteiger partial charge in [0.2, 0.25) is 0 Å². The largest absolute Gasteiger partial charge is 0.478 e. The Labute approximate surface area is 93.1 Å². The van der Waals surface area contributed by atoms with E-state index in [0.29, 0.717) is 5.57 Å². The van der Waals surface area contributed by atoms with E-state index in [4.69, 9.17) is 5.11 Å². The molecule has 0 atom stereocenters. The first-order valence-corrected chi connectivity index (χ1v) is 4.94. The number of benzene rings is 1. The summed E-state index contributed by atoms with van der Waals surface area (Å²) in [6.07, 6.45) is 3.34. The van der Waals surface area contributed by atoms with Gasteiger partial charge < -0.3 is 5.11 Å². The summed E-state index contributed by atoms with van der Waals surface area (Å²) in [6, 6.07) is 9.53. The number of para-hydroxylation sites is 1. The van der Waals surface area contributed by atoms with Gasteiger partial charge in [0.1, 0.15) is 0 Å². The zero-order chi connectivity index (χ0) is 11.5. The van der Waals surface area contributed by atoms with Gasteiger partial charge in [0.15, 0.2) is 0 Å². The van der Waals surface area contributed by atoms with Crippen molar-refractivity contribution < 1.29 is 9.90 Å². The van der Waals surface area contributed by atoms with Gasteiger partial charge in [0.25, 0.3) is 0 Å².